The first-order valence-corrected chi connectivity index (χ1v) is 13.4. The smallest absolute Gasteiger partial charge is 0.252 e. The number of methoxy groups -OCH3 is 1. The number of hydrazone groups is 1. The van der Waals surface area contributed by atoms with E-state index in [1.807, 2.05) is 19.1 Å². The van der Waals surface area contributed by atoms with Crippen molar-refractivity contribution in [3.05, 3.63) is 81.8 Å². The fraction of sp³-hybridized carbons (Fsp3) is 0.267. The van der Waals surface area contributed by atoms with Crippen molar-refractivity contribution < 1.29 is 23.8 Å². The number of carbonyl (C=O) groups is 2. The number of nitrogens with zero attached hydrogens (tertiary/aromatic N) is 2. The van der Waals surface area contributed by atoms with Crippen LogP contribution in [0.3, 0.4) is 0 Å². The molecule has 0 fully saturated rings. The molecule has 0 saturated carbocycles. The molecule has 0 spiro atoms. The molecule has 3 aromatic carbocycles. The van der Waals surface area contributed by atoms with Crippen LogP contribution >= 0.6 is 15.9 Å². The molecule has 0 saturated heterocycles. The van der Waals surface area contributed by atoms with Crippen LogP contribution in [0.5, 0.6) is 17.2 Å². The molecule has 3 aromatic rings. The van der Waals surface area contributed by atoms with E-state index in [4.69, 9.17) is 14.2 Å². The lowest BCUT2D eigenvalue weighted by atomic mass is 9.94. The van der Waals surface area contributed by atoms with E-state index in [1.165, 1.54) is 6.21 Å². The Morgan fingerprint density at radius 1 is 1.07 bits per heavy atom. The van der Waals surface area contributed by atoms with E-state index in [0.717, 1.165) is 5.56 Å². The van der Waals surface area contributed by atoms with Crippen LogP contribution in [0.2, 0.25) is 0 Å². The molecule has 0 aromatic heterocycles. The second-order valence-corrected chi connectivity index (χ2v) is 9.85. The van der Waals surface area contributed by atoms with Gasteiger partial charge in [-0.1, -0.05) is 32.0 Å². The molecule has 0 heterocycles. The minimum absolute atomic E-state index is 0.182. The second kappa shape index (κ2) is 14.7. The highest BCUT2D eigenvalue weighted by Crippen LogP contribution is 2.37. The number of amides is 2. The number of anilines is 1. The third kappa shape index (κ3) is 8.07. The Kier molecular flexibility index (Phi) is 11.1. The summed E-state index contributed by atoms with van der Waals surface area (Å²) >= 11 is 3.52. The number of ether oxygens (including phenoxy) is 3. The van der Waals surface area contributed by atoms with E-state index >= 15 is 0 Å². The number of nitriles is 1. The van der Waals surface area contributed by atoms with Crippen molar-refractivity contribution in [3.8, 4) is 23.3 Å². The Hall–Kier alpha value is -4.36. The third-order valence-corrected chi connectivity index (χ3v) is 6.41. The molecule has 3 rings (SSSR count). The van der Waals surface area contributed by atoms with Gasteiger partial charge in [-0.25, -0.2) is 5.43 Å². The number of benzene rings is 3. The molecule has 1 atom stereocenters. The largest absolute Gasteiger partial charge is 0.497 e. The maximum Gasteiger partial charge on any atom is 0.252 e. The topological polar surface area (TPSA) is 122 Å². The highest BCUT2D eigenvalue weighted by Gasteiger charge is 2.30. The van der Waals surface area contributed by atoms with Gasteiger partial charge in [-0.05, 0) is 76.8 Å². The van der Waals surface area contributed by atoms with Crippen molar-refractivity contribution >= 4 is 39.6 Å². The van der Waals surface area contributed by atoms with Gasteiger partial charge in [0.15, 0.2) is 11.5 Å². The van der Waals surface area contributed by atoms with Gasteiger partial charge in [0, 0.05) is 11.3 Å². The van der Waals surface area contributed by atoms with Gasteiger partial charge in [0.05, 0.1) is 36.0 Å². The molecule has 40 heavy (non-hydrogen) atoms. The lowest BCUT2D eigenvalue weighted by Crippen LogP contribution is -2.39. The molecule has 9 nitrogen and oxygen atoms in total. The van der Waals surface area contributed by atoms with Crippen LogP contribution in [0.4, 0.5) is 5.69 Å². The van der Waals surface area contributed by atoms with Gasteiger partial charge in [0.25, 0.3) is 5.91 Å². The summed E-state index contributed by atoms with van der Waals surface area (Å²) in [6.45, 7) is 6.02. The lowest BCUT2D eigenvalue weighted by Gasteiger charge is -2.18. The normalized spacial score (nSPS) is 11.5. The summed E-state index contributed by atoms with van der Waals surface area (Å²) in [5, 5.41) is 16.2. The molecule has 0 aliphatic rings. The average Bonchev–Trinajstić information content (AvgIpc) is 2.93. The van der Waals surface area contributed by atoms with Crippen LogP contribution in [0.25, 0.3) is 0 Å². The van der Waals surface area contributed by atoms with E-state index in [0.29, 0.717) is 45.1 Å². The molecule has 208 valence electrons. The molecule has 0 aliphatic heterocycles. The van der Waals surface area contributed by atoms with Crippen molar-refractivity contribution in [1.82, 2.24) is 5.43 Å². The minimum Gasteiger partial charge on any atom is -0.497 e. The van der Waals surface area contributed by atoms with Gasteiger partial charge in [0.2, 0.25) is 5.91 Å². The van der Waals surface area contributed by atoms with Crippen LogP contribution in [0.1, 0.15) is 37.5 Å². The number of halogens is 1. The SMILES string of the molecule is CCOc1cc(C=NNC(=O)C(C(=O)Nc2ccc(OC)cc2)C(C)C)cc(Br)c1OCc1ccccc1C#N. The number of hydrogen-bond acceptors (Lipinski definition) is 7. The van der Waals surface area contributed by atoms with Crippen LogP contribution in [0, 0.1) is 23.2 Å². The zero-order valence-electron chi connectivity index (χ0n) is 22.7. The first-order chi connectivity index (χ1) is 19.3. The van der Waals surface area contributed by atoms with E-state index in [9.17, 15) is 14.9 Å². The van der Waals surface area contributed by atoms with E-state index in [1.54, 1.807) is 69.5 Å². The molecule has 2 N–H and O–H groups in total. The zero-order valence-corrected chi connectivity index (χ0v) is 24.3. The number of rotatable bonds is 12. The summed E-state index contributed by atoms with van der Waals surface area (Å²) in [5.74, 6) is -0.588. The maximum atomic E-state index is 12.9. The van der Waals surface area contributed by atoms with E-state index in [-0.39, 0.29) is 12.5 Å². The molecule has 0 bridgehead atoms. The highest BCUT2D eigenvalue weighted by atomic mass is 79.9. The maximum absolute atomic E-state index is 12.9. The number of carbonyl (C=O) groups excluding carboxylic acids is 2. The summed E-state index contributed by atoms with van der Waals surface area (Å²) in [4.78, 5) is 25.8. The highest BCUT2D eigenvalue weighted by molar-refractivity contribution is 9.10. The first kappa shape index (κ1) is 30.2. The Labute approximate surface area is 242 Å². The molecule has 2 amide bonds. The molecule has 0 radical (unpaired) electrons. The fourth-order valence-corrected chi connectivity index (χ4v) is 4.40. The molecule has 1 unspecified atom stereocenters. The average molecular weight is 608 g/mol. The van der Waals surface area contributed by atoms with E-state index in [2.05, 4.69) is 37.8 Å². The first-order valence-electron chi connectivity index (χ1n) is 12.6. The van der Waals surface area contributed by atoms with Gasteiger partial charge in [0.1, 0.15) is 18.3 Å². The molecule has 10 heteroatoms. The molecular formula is C30H31BrN4O5. The minimum atomic E-state index is -0.961. The zero-order chi connectivity index (χ0) is 29.1. The van der Waals surface area contributed by atoms with Crippen LogP contribution in [-0.2, 0) is 16.2 Å². The van der Waals surface area contributed by atoms with E-state index < -0.39 is 17.7 Å². The second-order valence-electron chi connectivity index (χ2n) is 8.99. The van der Waals surface area contributed by atoms with Crippen molar-refractivity contribution in [2.24, 2.45) is 16.9 Å². The summed E-state index contributed by atoms with van der Waals surface area (Å²) in [5.41, 5.74) is 4.95. The standard InChI is InChI=1S/C30H31BrN4O5/c1-5-39-26-15-20(14-25(31)28(26)40-18-22-9-7-6-8-21(22)16-32)17-33-35-30(37)27(19(2)3)29(36)34-23-10-12-24(38-4)13-11-23/h6-15,17,19,27H,5,18H2,1-4H3,(H,34,36)(H,35,37). The van der Waals surface area contributed by atoms with Gasteiger partial charge in [-0.2, -0.15) is 10.4 Å². The third-order valence-electron chi connectivity index (χ3n) is 5.82. The van der Waals surface area contributed by atoms with Gasteiger partial charge in [-0.15, -0.1) is 0 Å². The monoisotopic (exact) mass is 606 g/mol. The molecule has 0 aliphatic carbocycles. The van der Waals surface area contributed by atoms with Crippen molar-refractivity contribution in [1.29, 1.82) is 5.26 Å². The Balaban J connectivity index is 1.70. The number of hydrogen-bond donors (Lipinski definition) is 2. The summed E-state index contributed by atoms with van der Waals surface area (Å²) < 4.78 is 17.5. The van der Waals surface area contributed by atoms with Crippen LogP contribution in [0.15, 0.2) is 70.2 Å². The summed E-state index contributed by atoms with van der Waals surface area (Å²) in [7, 11) is 1.56. The number of nitrogens with one attached hydrogen (secondary N) is 2. The predicted molar refractivity (Wildman–Crippen MR) is 156 cm³/mol. The fourth-order valence-electron chi connectivity index (χ4n) is 3.83. The Morgan fingerprint density at radius 2 is 1.80 bits per heavy atom. The summed E-state index contributed by atoms with van der Waals surface area (Å²) in [6.07, 6.45) is 1.46. The van der Waals surface area contributed by atoms with Crippen molar-refractivity contribution in [2.75, 3.05) is 19.0 Å². The Bertz CT molecular complexity index is 1400. The lowest BCUT2D eigenvalue weighted by molar-refractivity contribution is -0.134. The predicted octanol–water partition coefficient (Wildman–Crippen LogP) is 5.67. The van der Waals surface area contributed by atoms with Gasteiger partial charge < -0.3 is 19.5 Å². The molecular weight excluding hydrogens is 576 g/mol. The van der Waals surface area contributed by atoms with Crippen LogP contribution < -0.4 is 25.0 Å². The van der Waals surface area contributed by atoms with Crippen molar-refractivity contribution in [3.63, 3.8) is 0 Å². The van der Waals surface area contributed by atoms with Crippen molar-refractivity contribution in [2.45, 2.75) is 27.4 Å². The quantitative estimate of drug-likeness (QED) is 0.156. The van der Waals surface area contributed by atoms with Gasteiger partial charge in [-0.3, -0.25) is 9.59 Å². The summed E-state index contributed by atoms with van der Waals surface area (Å²) in [6, 6.07) is 19.7. The van der Waals surface area contributed by atoms with Gasteiger partial charge >= 0.3 is 0 Å². The Morgan fingerprint density at radius 3 is 2.45 bits per heavy atom. The van der Waals surface area contributed by atoms with Crippen LogP contribution in [-0.4, -0.2) is 31.7 Å².